The molecule has 0 aromatic heterocycles. The normalized spacial score (nSPS) is 10.7. The van der Waals surface area contributed by atoms with Crippen LogP contribution < -0.4 is 0 Å². The zero-order valence-electron chi connectivity index (χ0n) is 83.3. The minimum atomic E-state index is -0.355. The molecular formula is C104H144I8N8O23. The summed E-state index contributed by atoms with van der Waals surface area (Å²) in [6, 6.07) is 58.6. The fourth-order valence-corrected chi connectivity index (χ4v) is 16.4. The number of hydrogen-bond acceptors (Lipinski definition) is 31. The Morgan fingerprint density at radius 2 is 0.378 bits per heavy atom. The lowest BCUT2D eigenvalue weighted by molar-refractivity contribution is 0.0432. The van der Waals surface area contributed by atoms with Gasteiger partial charge in [0.2, 0.25) is 0 Å². The van der Waals surface area contributed by atoms with Gasteiger partial charge in [-0.05, 0) is 379 Å². The highest BCUT2D eigenvalue weighted by atomic mass is 127. The highest BCUT2D eigenvalue weighted by molar-refractivity contribution is 14.1. The molecule has 0 aliphatic carbocycles. The van der Waals surface area contributed by atoms with Crippen LogP contribution in [-0.2, 0) is 37.9 Å². The maximum absolute atomic E-state index is 11.8. The van der Waals surface area contributed by atoms with E-state index in [2.05, 4.69) is 237 Å². The van der Waals surface area contributed by atoms with Crippen LogP contribution in [0.3, 0.4) is 0 Å². The number of likely N-dealkylation sites (N-methyl/N-ethyl adjacent to an activating group) is 6. The Bertz CT molecular complexity index is 4760. The van der Waals surface area contributed by atoms with Crippen LogP contribution >= 0.6 is 181 Å². The van der Waals surface area contributed by atoms with E-state index >= 15 is 0 Å². The summed E-state index contributed by atoms with van der Waals surface area (Å²) < 4.78 is 49.6. The molecule has 0 spiro atoms. The van der Waals surface area contributed by atoms with Crippen molar-refractivity contribution in [2.24, 2.45) is 0 Å². The van der Waals surface area contributed by atoms with Crippen LogP contribution in [0.15, 0.2) is 194 Å². The van der Waals surface area contributed by atoms with Crippen LogP contribution in [0.25, 0.3) is 0 Å². The van der Waals surface area contributed by atoms with E-state index < -0.39 is 0 Å². The number of hydrogen-bond donors (Lipinski definition) is 7. The van der Waals surface area contributed by atoms with Crippen LogP contribution in [-0.4, -0.2) is 379 Å². The molecule has 0 unspecified atom stereocenters. The first-order chi connectivity index (χ1) is 68.9. The number of esters is 8. The summed E-state index contributed by atoms with van der Waals surface area (Å²) in [5.74, 6) is -2.31. The van der Waals surface area contributed by atoms with Gasteiger partial charge in [-0.15, -0.1) is 0 Å². The summed E-state index contributed by atoms with van der Waals surface area (Å²) in [5.41, 5.74) is 4.71. The number of carbonyl (C=O) groups excluding carboxylic acids is 8. The van der Waals surface area contributed by atoms with E-state index in [-0.39, 0.29) is 107 Å². The van der Waals surface area contributed by atoms with Crippen molar-refractivity contribution in [3.8, 4) is 0 Å². The van der Waals surface area contributed by atoms with Gasteiger partial charge in [0.15, 0.2) is 0 Å². The number of aliphatic hydroxyl groups excluding tert-OH is 7. The van der Waals surface area contributed by atoms with E-state index in [0.717, 1.165) is 107 Å². The van der Waals surface area contributed by atoms with Crippen LogP contribution in [0.2, 0.25) is 0 Å². The Labute approximate surface area is 954 Å². The lowest BCUT2D eigenvalue weighted by atomic mass is 10.2. The second-order valence-electron chi connectivity index (χ2n) is 30.2. The molecule has 8 aromatic rings. The highest BCUT2D eigenvalue weighted by Gasteiger charge is 2.19. The highest BCUT2D eigenvalue weighted by Crippen LogP contribution is 2.19. The molecule has 0 amide bonds. The SMILES string of the molecule is CCN(CC)CCOC(=O)c1ccc(I)cc1.CCN(CC)CCOC(=O)c1cccc(I)c1.CCN(CC)CCOC(=O)c1ccccc1I.CCN(CCO)CCOC(=O)c1ccc(I)cc1.CCN(CCO)CCOC(=O)c1cccc(I)c1.CCN(CCO)CCOC(=O)c1ccccc1I.O=C(OCCN(CCO)CCO)c1cccc(I)c1.O=C(OCCN(CCO)CCO)c1ccccc1I. The van der Waals surface area contributed by atoms with Crippen LogP contribution in [0.1, 0.15) is 145 Å². The average Bonchev–Trinajstić information content (AvgIpc) is 0.890. The summed E-state index contributed by atoms with van der Waals surface area (Å²) >= 11 is 17.2. The third-order valence-electron chi connectivity index (χ3n) is 20.7. The van der Waals surface area contributed by atoms with E-state index in [4.69, 9.17) is 73.6 Å². The molecule has 7 N–H and O–H groups in total. The number of rotatable bonds is 55. The Kier molecular flexibility index (Phi) is 83.0. The molecule has 0 atom stereocenters. The van der Waals surface area contributed by atoms with Crippen molar-refractivity contribution in [3.05, 3.63) is 267 Å². The van der Waals surface area contributed by atoms with E-state index in [0.29, 0.717) is 163 Å². The summed E-state index contributed by atoms with van der Waals surface area (Å²) in [5, 5.41) is 61.9. The maximum Gasteiger partial charge on any atom is 0.339 e. The van der Waals surface area contributed by atoms with Crippen molar-refractivity contribution in [2.45, 2.75) is 62.3 Å². The van der Waals surface area contributed by atoms with Gasteiger partial charge in [-0.25, -0.2) is 38.4 Å². The second-order valence-corrected chi connectivity index (χ2v) is 39.9. The molecule has 8 rings (SSSR count). The van der Waals surface area contributed by atoms with Crippen molar-refractivity contribution in [1.29, 1.82) is 0 Å². The summed E-state index contributed by atoms with van der Waals surface area (Å²) in [4.78, 5) is 110. The van der Waals surface area contributed by atoms with Crippen molar-refractivity contribution < 1.29 is 112 Å². The van der Waals surface area contributed by atoms with Crippen LogP contribution in [0.4, 0.5) is 0 Å². The Balaban J connectivity index is 0.000000817. The molecule has 8 aromatic carbocycles. The monoisotopic (exact) mass is 2890 g/mol. The van der Waals surface area contributed by atoms with Crippen molar-refractivity contribution in [3.63, 3.8) is 0 Å². The fraction of sp³-hybridized carbons (Fsp3) is 0.462. The van der Waals surface area contributed by atoms with Crippen LogP contribution in [0.5, 0.6) is 0 Å². The summed E-state index contributed by atoms with van der Waals surface area (Å²) in [6.45, 7) is 39.3. The molecule has 143 heavy (non-hydrogen) atoms. The predicted molar refractivity (Wildman–Crippen MR) is 628 cm³/mol. The van der Waals surface area contributed by atoms with E-state index in [1.807, 2.05) is 161 Å². The molecule has 0 fully saturated rings. The number of aliphatic hydroxyl groups is 7. The van der Waals surface area contributed by atoms with Crippen molar-refractivity contribution in [2.75, 3.05) is 256 Å². The van der Waals surface area contributed by atoms with Gasteiger partial charge in [-0.3, -0.25) is 24.5 Å². The van der Waals surface area contributed by atoms with Gasteiger partial charge in [0, 0.05) is 127 Å². The standard InChI is InChI=1S/2C13H18INO4.3C13H18INO3.3C13H18INO2/c14-12-3-1-2-11(10-12)13(18)19-9-6-15(4-7-16)5-8-17;14-12-4-2-1-3-11(12)13(18)19-10-7-15(5-8-16)6-9-17;1-2-15(7-9-16)8-10-18-13(17)11-3-5-12(14)6-4-11;1-2-15(6-8-16)7-9-18-13(17)11-4-3-5-12(14)10-11;1-2-15(7-9-16)8-10-18-13(17)11-5-3-4-6-12(11)14;1-3-15(4-2)9-10-17-13(16)11-5-7-12(14)8-6-11;1-3-15(4-2)8-9-17-13(16)11-6-5-7-12(14)10-11;1-3-15(4-2)9-10-17-13(16)11-7-5-6-8-12(11)14/h1-3,10,16-17H,4-9H2;1-4,16-17H,5-10H2;3-6,16H,2,7-10H2,1H3;3-5,10,16H,2,6-9H2,1H3;3-6,16H,2,7-10H2,1H3;5-8H,3-4,9-10H2,1-2H3;5-7,10H,3-4,8-9H2,1-2H3;5-8H,3-4,9-10H2,1-2H3. The minimum Gasteiger partial charge on any atom is -0.461 e. The average molecular weight is 2890 g/mol. The minimum absolute atomic E-state index is 0.0184. The molecular weight excluding hydrogens is 2740 g/mol. The molecule has 39 heteroatoms. The smallest absolute Gasteiger partial charge is 0.339 e. The Morgan fingerprint density at radius 1 is 0.196 bits per heavy atom. The molecule has 0 heterocycles. The molecule has 0 saturated carbocycles. The molecule has 31 nitrogen and oxygen atoms in total. The van der Waals surface area contributed by atoms with Gasteiger partial charge in [0.25, 0.3) is 0 Å². The molecule has 0 bridgehead atoms. The Hall–Kier alpha value is -5.24. The predicted octanol–water partition coefficient (Wildman–Crippen LogP) is 15.1. The van der Waals surface area contributed by atoms with Crippen molar-refractivity contribution >= 4 is 228 Å². The number of carbonyl (C=O) groups is 8. The largest absolute Gasteiger partial charge is 0.461 e. The first-order valence-corrected chi connectivity index (χ1v) is 56.0. The van der Waals surface area contributed by atoms with Gasteiger partial charge >= 0.3 is 47.8 Å². The topological polar surface area (TPSA) is 378 Å². The van der Waals surface area contributed by atoms with Crippen molar-refractivity contribution in [1.82, 2.24) is 39.2 Å². The van der Waals surface area contributed by atoms with E-state index in [9.17, 15) is 38.4 Å². The van der Waals surface area contributed by atoms with Gasteiger partial charge in [-0.1, -0.05) is 117 Å². The van der Waals surface area contributed by atoms with E-state index in [1.165, 1.54) is 0 Å². The second kappa shape index (κ2) is 87.5. The third-order valence-corrected chi connectivity index (χ3v) is 27.0. The van der Waals surface area contributed by atoms with Gasteiger partial charge in [-0.2, -0.15) is 0 Å². The first-order valence-electron chi connectivity index (χ1n) is 47.3. The lowest BCUT2D eigenvalue weighted by Crippen LogP contribution is -2.33. The summed E-state index contributed by atoms with van der Waals surface area (Å²) in [7, 11) is 0. The zero-order valence-corrected chi connectivity index (χ0v) is 101. The number of halogens is 8. The van der Waals surface area contributed by atoms with Crippen LogP contribution in [0, 0.1) is 28.6 Å². The molecule has 0 radical (unpaired) electrons. The molecule has 794 valence electrons. The Morgan fingerprint density at radius 3 is 0.573 bits per heavy atom. The van der Waals surface area contributed by atoms with Gasteiger partial charge in [0.1, 0.15) is 52.9 Å². The molecule has 0 saturated heterocycles. The molecule has 0 aliphatic heterocycles. The van der Waals surface area contributed by atoms with Gasteiger partial charge in [0.05, 0.1) is 90.8 Å². The maximum atomic E-state index is 11.8. The van der Waals surface area contributed by atoms with E-state index in [1.54, 1.807) is 78.9 Å². The third kappa shape index (κ3) is 64.2. The number of ether oxygens (including phenoxy) is 8. The number of nitrogens with zero attached hydrogens (tertiary/aromatic N) is 8. The summed E-state index contributed by atoms with van der Waals surface area (Å²) in [6.07, 6.45) is 0. The lowest BCUT2D eigenvalue weighted by Gasteiger charge is -2.19. The molecule has 0 aliphatic rings. The quantitative estimate of drug-likeness (QED) is 0.0106. The first kappa shape index (κ1) is 136. The number of benzene rings is 8. The fourth-order valence-electron chi connectivity index (χ4n) is 12.3. The van der Waals surface area contributed by atoms with Gasteiger partial charge < -0.3 is 88.3 Å². The zero-order chi connectivity index (χ0) is 106.